The van der Waals surface area contributed by atoms with Crippen molar-refractivity contribution in [3.63, 3.8) is 0 Å². The molecular weight excluding hydrogens is 278 g/mol. The zero-order chi connectivity index (χ0) is 14.7. The molecular formula is C14H22ClN3O2. The Bertz CT molecular complexity index is 479. The standard InChI is InChI=1S/C14H22ClN3O2/c1-3-11-12(13(15)18(2)17-11)14(20)16-10-6-4-9(8-19)5-7-10/h9-10,19H,3-8H2,1-2H3,(H,16,20). The van der Waals surface area contributed by atoms with Crippen LogP contribution in [0.15, 0.2) is 0 Å². The molecule has 0 saturated heterocycles. The summed E-state index contributed by atoms with van der Waals surface area (Å²) in [5, 5.41) is 16.8. The molecule has 5 nitrogen and oxygen atoms in total. The van der Waals surface area contributed by atoms with Crippen LogP contribution in [-0.2, 0) is 13.5 Å². The number of aromatic nitrogens is 2. The van der Waals surface area contributed by atoms with Crippen LogP contribution in [0.3, 0.4) is 0 Å². The highest BCUT2D eigenvalue weighted by atomic mass is 35.5. The van der Waals surface area contributed by atoms with Gasteiger partial charge in [-0.2, -0.15) is 5.10 Å². The van der Waals surface area contributed by atoms with E-state index in [9.17, 15) is 4.79 Å². The van der Waals surface area contributed by atoms with Gasteiger partial charge in [-0.25, -0.2) is 0 Å². The number of halogens is 1. The van der Waals surface area contributed by atoms with Gasteiger partial charge in [-0.05, 0) is 38.0 Å². The van der Waals surface area contributed by atoms with Crippen LogP contribution in [0.5, 0.6) is 0 Å². The van der Waals surface area contributed by atoms with Gasteiger partial charge in [-0.15, -0.1) is 0 Å². The van der Waals surface area contributed by atoms with Gasteiger partial charge in [0.2, 0.25) is 0 Å². The molecule has 0 spiro atoms. The summed E-state index contributed by atoms with van der Waals surface area (Å²) in [6.07, 6.45) is 4.43. The third kappa shape index (κ3) is 3.15. The SMILES string of the molecule is CCc1nn(C)c(Cl)c1C(=O)NC1CCC(CO)CC1. The Morgan fingerprint density at radius 2 is 2.10 bits per heavy atom. The largest absolute Gasteiger partial charge is 0.396 e. The van der Waals surface area contributed by atoms with E-state index in [0.29, 0.717) is 23.1 Å². The number of rotatable bonds is 4. The van der Waals surface area contributed by atoms with Gasteiger partial charge in [0.05, 0.1) is 11.3 Å². The van der Waals surface area contributed by atoms with Crippen molar-refractivity contribution in [2.45, 2.75) is 45.1 Å². The van der Waals surface area contributed by atoms with Crippen LogP contribution in [0.2, 0.25) is 5.15 Å². The van der Waals surface area contributed by atoms with Crippen molar-refractivity contribution in [3.8, 4) is 0 Å². The van der Waals surface area contributed by atoms with Gasteiger partial charge in [0.25, 0.3) is 5.91 Å². The van der Waals surface area contributed by atoms with Crippen LogP contribution in [0.1, 0.15) is 48.7 Å². The lowest BCUT2D eigenvalue weighted by atomic mass is 9.86. The number of carbonyl (C=O) groups is 1. The summed E-state index contributed by atoms with van der Waals surface area (Å²) < 4.78 is 1.54. The first-order valence-electron chi connectivity index (χ1n) is 7.19. The van der Waals surface area contributed by atoms with E-state index in [1.165, 1.54) is 4.68 Å². The molecule has 0 aliphatic heterocycles. The molecule has 20 heavy (non-hydrogen) atoms. The summed E-state index contributed by atoms with van der Waals surface area (Å²) in [7, 11) is 1.74. The first-order chi connectivity index (χ1) is 9.56. The van der Waals surface area contributed by atoms with Crippen LogP contribution in [0, 0.1) is 5.92 Å². The van der Waals surface area contributed by atoms with Crippen LogP contribution < -0.4 is 5.32 Å². The first kappa shape index (κ1) is 15.3. The van der Waals surface area contributed by atoms with E-state index in [1.807, 2.05) is 6.92 Å². The minimum Gasteiger partial charge on any atom is -0.396 e. The fourth-order valence-corrected chi connectivity index (χ4v) is 3.01. The molecule has 0 unspecified atom stereocenters. The summed E-state index contributed by atoms with van der Waals surface area (Å²) in [6.45, 7) is 2.21. The van der Waals surface area contributed by atoms with Gasteiger partial charge in [-0.1, -0.05) is 18.5 Å². The number of hydrogen-bond donors (Lipinski definition) is 2. The molecule has 0 bridgehead atoms. The van der Waals surface area contributed by atoms with Gasteiger partial charge in [0, 0.05) is 19.7 Å². The molecule has 0 radical (unpaired) electrons. The molecule has 1 heterocycles. The molecule has 1 fully saturated rings. The Labute approximate surface area is 124 Å². The maximum atomic E-state index is 12.4. The molecule has 2 N–H and O–H groups in total. The van der Waals surface area contributed by atoms with E-state index in [0.717, 1.165) is 31.4 Å². The lowest BCUT2D eigenvalue weighted by molar-refractivity contribution is 0.0913. The zero-order valence-corrected chi connectivity index (χ0v) is 12.8. The van der Waals surface area contributed by atoms with Gasteiger partial charge >= 0.3 is 0 Å². The summed E-state index contributed by atoms with van der Waals surface area (Å²) in [4.78, 5) is 12.4. The molecule has 0 aromatic carbocycles. The Morgan fingerprint density at radius 3 is 2.65 bits per heavy atom. The van der Waals surface area contributed by atoms with Crippen molar-refractivity contribution < 1.29 is 9.90 Å². The maximum Gasteiger partial charge on any atom is 0.256 e. The van der Waals surface area contributed by atoms with Gasteiger partial charge < -0.3 is 10.4 Å². The molecule has 1 aliphatic carbocycles. The summed E-state index contributed by atoms with van der Waals surface area (Å²) in [6, 6.07) is 0.172. The van der Waals surface area contributed by atoms with Crippen molar-refractivity contribution in [2.75, 3.05) is 6.61 Å². The number of hydrogen-bond acceptors (Lipinski definition) is 3. The predicted octanol–water partition coefficient (Wildman–Crippen LogP) is 1.92. The number of carbonyl (C=O) groups excluding carboxylic acids is 1. The number of nitrogens with one attached hydrogen (secondary N) is 1. The summed E-state index contributed by atoms with van der Waals surface area (Å²) >= 11 is 6.16. The second-order valence-corrected chi connectivity index (χ2v) is 5.82. The van der Waals surface area contributed by atoms with E-state index >= 15 is 0 Å². The number of aliphatic hydroxyl groups excluding tert-OH is 1. The zero-order valence-electron chi connectivity index (χ0n) is 12.0. The molecule has 1 aromatic heterocycles. The summed E-state index contributed by atoms with van der Waals surface area (Å²) in [5.41, 5.74) is 1.24. The van der Waals surface area contributed by atoms with E-state index < -0.39 is 0 Å². The monoisotopic (exact) mass is 299 g/mol. The van der Waals surface area contributed by atoms with Crippen LogP contribution in [0.4, 0.5) is 0 Å². The maximum absolute atomic E-state index is 12.4. The summed E-state index contributed by atoms with van der Waals surface area (Å²) in [5.74, 6) is 0.253. The van der Waals surface area contributed by atoms with Gasteiger partial charge in [0.1, 0.15) is 5.15 Å². The molecule has 112 valence electrons. The third-order valence-corrected chi connectivity index (χ3v) is 4.49. The Balaban J connectivity index is 2.02. The van der Waals surface area contributed by atoms with E-state index in [4.69, 9.17) is 16.7 Å². The third-order valence-electron chi connectivity index (χ3n) is 4.05. The molecule has 1 aliphatic rings. The molecule has 1 saturated carbocycles. The molecule has 0 atom stereocenters. The topological polar surface area (TPSA) is 67.2 Å². The van der Waals surface area contributed by atoms with E-state index in [1.54, 1.807) is 7.05 Å². The number of aliphatic hydroxyl groups is 1. The van der Waals surface area contributed by atoms with Crippen molar-refractivity contribution in [1.82, 2.24) is 15.1 Å². The Morgan fingerprint density at radius 1 is 1.45 bits per heavy atom. The highest BCUT2D eigenvalue weighted by Crippen LogP contribution is 2.25. The second-order valence-electron chi connectivity index (χ2n) is 5.46. The first-order valence-corrected chi connectivity index (χ1v) is 7.57. The normalized spacial score (nSPS) is 22.8. The highest BCUT2D eigenvalue weighted by Gasteiger charge is 2.25. The molecule has 6 heteroatoms. The highest BCUT2D eigenvalue weighted by molar-refractivity contribution is 6.33. The fourth-order valence-electron chi connectivity index (χ4n) is 2.77. The fraction of sp³-hybridized carbons (Fsp3) is 0.714. The minimum absolute atomic E-state index is 0.132. The van der Waals surface area contributed by atoms with Crippen molar-refractivity contribution >= 4 is 17.5 Å². The molecule has 1 aromatic rings. The van der Waals surface area contributed by atoms with Crippen molar-refractivity contribution in [1.29, 1.82) is 0 Å². The van der Waals surface area contributed by atoms with Crippen LogP contribution in [0.25, 0.3) is 0 Å². The van der Waals surface area contributed by atoms with Crippen LogP contribution >= 0.6 is 11.6 Å². The lowest BCUT2D eigenvalue weighted by Gasteiger charge is -2.27. The van der Waals surface area contributed by atoms with Gasteiger partial charge in [0.15, 0.2) is 0 Å². The molecule has 1 amide bonds. The number of nitrogens with zero attached hydrogens (tertiary/aromatic N) is 2. The number of aryl methyl sites for hydroxylation is 2. The minimum atomic E-state index is -0.132. The predicted molar refractivity (Wildman–Crippen MR) is 77.9 cm³/mol. The molecule has 2 rings (SSSR count). The smallest absolute Gasteiger partial charge is 0.256 e. The van der Waals surface area contributed by atoms with E-state index in [-0.39, 0.29) is 18.6 Å². The lowest BCUT2D eigenvalue weighted by Crippen LogP contribution is -2.38. The van der Waals surface area contributed by atoms with Crippen molar-refractivity contribution in [2.24, 2.45) is 13.0 Å². The Hall–Kier alpha value is -1.07. The number of amides is 1. The second kappa shape index (κ2) is 6.59. The van der Waals surface area contributed by atoms with Crippen molar-refractivity contribution in [3.05, 3.63) is 16.4 Å². The van der Waals surface area contributed by atoms with E-state index in [2.05, 4.69) is 10.4 Å². The Kier molecular flexibility index (Phi) is 5.05. The average Bonchev–Trinajstić information content (AvgIpc) is 2.75. The average molecular weight is 300 g/mol. The van der Waals surface area contributed by atoms with Gasteiger partial charge in [-0.3, -0.25) is 9.48 Å². The van der Waals surface area contributed by atoms with Crippen LogP contribution in [-0.4, -0.2) is 33.4 Å². The quantitative estimate of drug-likeness (QED) is 0.892.